The van der Waals surface area contributed by atoms with E-state index in [1.54, 1.807) is 0 Å². The first-order valence-electron chi connectivity index (χ1n) is 7.64. The third-order valence-corrected chi connectivity index (χ3v) is 5.94. The third-order valence-electron chi connectivity index (χ3n) is 3.95. The molecule has 0 atom stereocenters. The topological polar surface area (TPSA) is 52.6 Å². The SMILES string of the molecule is CCCC(=O)P(=O)(OC1CCCC1)OC1CCCC1. The lowest BCUT2D eigenvalue weighted by Gasteiger charge is -2.23. The fourth-order valence-electron chi connectivity index (χ4n) is 2.87. The van der Waals surface area contributed by atoms with Gasteiger partial charge in [-0.2, -0.15) is 0 Å². The molecule has 2 fully saturated rings. The molecule has 0 spiro atoms. The lowest BCUT2D eigenvalue weighted by atomic mass is 10.3. The van der Waals surface area contributed by atoms with Crippen LogP contribution in [0.2, 0.25) is 0 Å². The molecule has 2 saturated carbocycles. The maximum Gasteiger partial charge on any atom is 0.397 e. The average Bonchev–Trinajstić information content (AvgIpc) is 3.02. The first kappa shape index (κ1) is 15.2. The smallest absolute Gasteiger partial charge is 0.300 e. The standard InChI is InChI=1S/C14H25O4P/c1-2-7-14(15)19(16,17-12-8-3-4-9-12)18-13-10-5-6-11-13/h12-13H,2-11H2,1H3. The molecule has 4 nitrogen and oxygen atoms in total. The molecule has 2 rings (SSSR count). The third kappa shape index (κ3) is 4.14. The minimum atomic E-state index is -3.56. The summed E-state index contributed by atoms with van der Waals surface area (Å²) >= 11 is 0. The van der Waals surface area contributed by atoms with Crippen molar-refractivity contribution in [2.75, 3.05) is 0 Å². The van der Waals surface area contributed by atoms with Crippen LogP contribution in [0, 0.1) is 0 Å². The van der Waals surface area contributed by atoms with Crippen LogP contribution in [0.1, 0.15) is 71.1 Å². The highest BCUT2D eigenvalue weighted by Gasteiger charge is 2.40. The minimum absolute atomic E-state index is 0.0481. The van der Waals surface area contributed by atoms with E-state index in [9.17, 15) is 9.36 Å². The van der Waals surface area contributed by atoms with Crippen LogP contribution >= 0.6 is 7.60 Å². The molecule has 2 aliphatic carbocycles. The molecule has 2 aliphatic rings. The Morgan fingerprint density at radius 3 is 1.79 bits per heavy atom. The highest BCUT2D eigenvalue weighted by Crippen LogP contribution is 2.55. The van der Waals surface area contributed by atoms with E-state index in [0.29, 0.717) is 6.42 Å². The van der Waals surface area contributed by atoms with E-state index in [-0.39, 0.29) is 24.2 Å². The van der Waals surface area contributed by atoms with Gasteiger partial charge >= 0.3 is 7.60 Å². The van der Waals surface area contributed by atoms with Gasteiger partial charge in [-0.05, 0) is 32.1 Å². The van der Waals surface area contributed by atoms with Crippen molar-refractivity contribution >= 4 is 13.1 Å². The lowest BCUT2D eigenvalue weighted by molar-refractivity contribution is -0.114. The van der Waals surface area contributed by atoms with Gasteiger partial charge in [0.05, 0.1) is 12.2 Å². The van der Waals surface area contributed by atoms with E-state index < -0.39 is 7.60 Å². The molecule has 0 aromatic heterocycles. The fourth-order valence-corrected chi connectivity index (χ4v) is 4.86. The van der Waals surface area contributed by atoms with Gasteiger partial charge in [0.25, 0.3) is 0 Å². The summed E-state index contributed by atoms with van der Waals surface area (Å²) in [5.41, 5.74) is -0.325. The van der Waals surface area contributed by atoms with Gasteiger partial charge in [-0.15, -0.1) is 0 Å². The molecule has 0 radical (unpaired) electrons. The molecular formula is C14H25O4P. The highest BCUT2D eigenvalue weighted by atomic mass is 31.2. The number of carbonyl (C=O) groups excluding carboxylic acids is 1. The van der Waals surface area contributed by atoms with Crippen LogP contribution in [-0.4, -0.2) is 17.7 Å². The molecule has 0 unspecified atom stereocenters. The number of hydrogen-bond acceptors (Lipinski definition) is 4. The van der Waals surface area contributed by atoms with Gasteiger partial charge in [0.15, 0.2) is 0 Å². The molecule has 0 N–H and O–H groups in total. The Kier molecular flexibility index (Phi) is 5.61. The molecule has 19 heavy (non-hydrogen) atoms. The zero-order valence-corrected chi connectivity index (χ0v) is 12.7. The summed E-state index contributed by atoms with van der Waals surface area (Å²) in [6, 6.07) is 0. The molecule has 0 amide bonds. The Morgan fingerprint density at radius 2 is 1.42 bits per heavy atom. The highest BCUT2D eigenvalue weighted by molar-refractivity contribution is 7.71. The second-order valence-corrected chi connectivity index (χ2v) is 7.58. The van der Waals surface area contributed by atoms with E-state index in [1.807, 2.05) is 6.92 Å². The van der Waals surface area contributed by atoms with Crippen LogP contribution in [0.15, 0.2) is 0 Å². The van der Waals surface area contributed by atoms with E-state index in [2.05, 4.69) is 0 Å². The molecule has 0 aromatic rings. The van der Waals surface area contributed by atoms with E-state index in [0.717, 1.165) is 51.4 Å². The van der Waals surface area contributed by atoms with Gasteiger partial charge in [-0.1, -0.05) is 32.6 Å². The zero-order chi connectivity index (χ0) is 13.7. The Bertz CT molecular complexity index is 321. The van der Waals surface area contributed by atoms with Crippen LogP contribution in [-0.2, 0) is 18.4 Å². The van der Waals surface area contributed by atoms with Gasteiger partial charge in [-0.3, -0.25) is 18.4 Å². The number of rotatable bonds is 7. The predicted molar refractivity (Wildman–Crippen MR) is 74.2 cm³/mol. The summed E-state index contributed by atoms with van der Waals surface area (Å²) in [4.78, 5) is 12.1. The average molecular weight is 288 g/mol. The number of carbonyl (C=O) groups is 1. The van der Waals surface area contributed by atoms with Gasteiger partial charge in [0.2, 0.25) is 5.52 Å². The van der Waals surface area contributed by atoms with Crippen molar-refractivity contribution in [3.8, 4) is 0 Å². The normalized spacial score (nSPS) is 22.2. The van der Waals surface area contributed by atoms with E-state index in [1.165, 1.54) is 0 Å². The van der Waals surface area contributed by atoms with Crippen molar-refractivity contribution in [1.82, 2.24) is 0 Å². The first-order chi connectivity index (χ1) is 9.14. The molecule has 110 valence electrons. The first-order valence-corrected chi connectivity index (χ1v) is 9.18. The second kappa shape index (κ2) is 7.01. The van der Waals surface area contributed by atoms with Crippen LogP contribution < -0.4 is 0 Å². The van der Waals surface area contributed by atoms with E-state index in [4.69, 9.17) is 9.05 Å². The molecular weight excluding hydrogens is 263 g/mol. The van der Waals surface area contributed by atoms with Crippen LogP contribution in [0.5, 0.6) is 0 Å². The fraction of sp³-hybridized carbons (Fsp3) is 0.929. The Balaban J connectivity index is 2.01. The summed E-state index contributed by atoms with van der Waals surface area (Å²) in [6.45, 7) is 1.91. The van der Waals surface area contributed by atoms with Crippen LogP contribution in [0.3, 0.4) is 0 Å². The van der Waals surface area contributed by atoms with Crippen LogP contribution in [0.25, 0.3) is 0 Å². The van der Waals surface area contributed by atoms with Crippen molar-refractivity contribution in [2.24, 2.45) is 0 Å². The van der Waals surface area contributed by atoms with Crippen molar-refractivity contribution in [3.63, 3.8) is 0 Å². The van der Waals surface area contributed by atoms with E-state index >= 15 is 0 Å². The molecule has 0 aromatic carbocycles. The lowest BCUT2D eigenvalue weighted by Crippen LogP contribution is -2.17. The molecule has 0 saturated heterocycles. The minimum Gasteiger partial charge on any atom is -0.300 e. The maximum atomic E-state index is 12.8. The van der Waals surface area contributed by atoms with Crippen molar-refractivity contribution in [3.05, 3.63) is 0 Å². The second-order valence-electron chi connectivity index (χ2n) is 5.66. The maximum absolute atomic E-state index is 12.8. The molecule has 0 bridgehead atoms. The van der Waals surface area contributed by atoms with Gasteiger partial charge in [0.1, 0.15) is 0 Å². The number of hydrogen-bond donors (Lipinski definition) is 0. The summed E-state index contributed by atoms with van der Waals surface area (Å²) in [5, 5.41) is 0. The molecule has 0 aliphatic heterocycles. The molecule has 5 heteroatoms. The quantitative estimate of drug-likeness (QED) is 0.650. The molecule has 0 heterocycles. The predicted octanol–water partition coefficient (Wildman–Crippen LogP) is 4.42. The van der Waals surface area contributed by atoms with Crippen LogP contribution in [0.4, 0.5) is 0 Å². The summed E-state index contributed by atoms with van der Waals surface area (Å²) < 4.78 is 24.1. The Morgan fingerprint density at radius 1 is 1.00 bits per heavy atom. The zero-order valence-electron chi connectivity index (χ0n) is 11.8. The summed E-state index contributed by atoms with van der Waals surface area (Å²) in [5.74, 6) is 0. The van der Waals surface area contributed by atoms with Crippen molar-refractivity contribution in [1.29, 1.82) is 0 Å². The van der Waals surface area contributed by atoms with Crippen molar-refractivity contribution < 1.29 is 18.4 Å². The van der Waals surface area contributed by atoms with Crippen molar-refractivity contribution in [2.45, 2.75) is 83.3 Å². The Hall–Kier alpha value is -0.180. The monoisotopic (exact) mass is 288 g/mol. The summed E-state index contributed by atoms with van der Waals surface area (Å²) in [7, 11) is -3.56. The largest absolute Gasteiger partial charge is 0.397 e. The van der Waals surface area contributed by atoms with Gasteiger partial charge in [0, 0.05) is 6.42 Å². The van der Waals surface area contributed by atoms with Gasteiger partial charge in [-0.25, -0.2) is 0 Å². The van der Waals surface area contributed by atoms with Gasteiger partial charge < -0.3 is 0 Å². The Labute approximate surface area is 115 Å². The summed E-state index contributed by atoms with van der Waals surface area (Å²) in [6.07, 6.45) is 8.85.